The van der Waals surface area contributed by atoms with E-state index in [0.717, 1.165) is 22.1 Å². The summed E-state index contributed by atoms with van der Waals surface area (Å²) in [5.74, 6) is 0.939. The van der Waals surface area contributed by atoms with Crippen molar-refractivity contribution >= 4 is 23.4 Å². The van der Waals surface area contributed by atoms with Crippen LogP contribution in [-0.2, 0) is 12.2 Å². The third-order valence-corrected chi connectivity index (χ3v) is 4.80. The highest BCUT2D eigenvalue weighted by Gasteiger charge is 2.05. The average molecular weight is 320 g/mol. The van der Waals surface area contributed by atoms with Crippen molar-refractivity contribution in [2.45, 2.75) is 43.9 Å². The molecule has 2 aromatic carbocycles. The van der Waals surface area contributed by atoms with Crippen LogP contribution >= 0.6 is 23.4 Å². The molecule has 0 saturated heterocycles. The third kappa shape index (κ3) is 5.06. The maximum absolute atomic E-state index is 6.38. The van der Waals surface area contributed by atoms with E-state index in [-0.39, 0.29) is 6.04 Å². The Bertz CT molecular complexity index is 602. The minimum atomic E-state index is 0.162. The predicted molar refractivity (Wildman–Crippen MR) is 94.3 cm³/mol. The van der Waals surface area contributed by atoms with Crippen molar-refractivity contribution in [3.63, 3.8) is 0 Å². The highest BCUT2D eigenvalue weighted by Crippen LogP contribution is 2.31. The first kappa shape index (κ1) is 16.4. The summed E-state index contributed by atoms with van der Waals surface area (Å²) in [6, 6.07) is 13.1. The fourth-order valence-corrected chi connectivity index (χ4v) is 3.69. The molecule has 0 aliphatic heterocycles. The Hall–Kier alpha value is -0.960. The summed E-state index contributed by atoms with van der Waals surface area (Å²) in [6.45, 7) is 6.28. The standard InChI is InChI=1S/C18H22ClNS/c1-12-6-13(2)8-16(7-12)11-21-18-5-4-15(9-14(3)20)10-17(18)19/h4-8,10,14H,9,11,20H2,1-3H3. The number of nitrogens with two attached hydrogens (primary N) is 1. The van der Waals surface area contributed by atoms with E-state index in [1.54, 1.807) is 11.8 Å². The molecule has 0 radical (unpaired) electrons. The van der Waals surface area contributed by atoms with Crippen molar-refractivity contribution in [2.24, 2.45) is 5.73 Å². The lowest BCUT2D eigenvalue weighted by molar-refractivity contribution is 0.738. The molecule has 2 N–H and O–H groups in total. The molecule has 0 amide bonds. The Morgan fingerprint density at radius 1 is 1.05 bits per heavy atom. The molecular weight excluding hydrogens is 298 g/mol. The molecule has 1 unspecified atom stereocenters. The quantitative estimate of drug-likeness (QED) is 0.772. The molecule has 1 atom stereocenters. The van der Waals surface area contributed by atoms with Crippen LogP contribution in [0.5, 0.6) is 0 Å². The molecule has 0 aliphatic carbocycles. The second kappa shape index (κ2) is 7.35. The molecule has 2 rings (SSSR count). The van der Waals surface area contributed by atoms with Crippen LogP contribution in [0.15, 0.2) is 41.3 Å². The molecule has 0 fully saturated rings. The Balaban J connectivity index is 2.06. The molecule has 0 saturated carbocycles. The first-order valence-electron chi connectivity index (χ1n) is 7.18. The number of halogens is 1. The molecule has 21 heavy (non-hydrogen) atoms. The van der Waals surface area contributed by atoms with Crippen LogP contribution in [0.2, 0.25) is 5.02 Å². The summed E-state index contributed by atoms with van der Waals surface area (Å²) >= 11 is 8.16. The summed E-state index contributed by atoms with van der Waals surface area (Å²) in [4.78, 5) is 1.13. The Labute approximate surface area is 136 Å². The minimum Gasteiger partial charge on any atom is -0.328 e. The fraction of sp³-hybridized carbons (Fsp3) is 0.333. The van der Waals surface area contributed by atoms with Crippen LogP contribution in [-0.4, -0.2) is 6.04 Å². The van der Waals surface area contributed by atoms with Crippen molar-refractivity contribution < 1.29 is 0 Å². The topological polar surface area (TPSA) is 26.0 Å². The van der Waals surface area contributed by atoms with E-state index in [9.17, 15) is 0 Å². The zero-order chi connectivity index (χ0) is 15.4. The van der Waals surface area contributed by atoms with Gasteiger partial charge in [-0.05, 0) is 50.5 Å². The molecular formula is C18H22ClNS. The summed E-state index contributed by atoms with van der Waals surface area (Å²) in [6.07, 6.45) is 0.863. The molecule has 0 heterocycles. The van der Waals surface area contributed by atoms with Crippen LogP contribution in [0.3, 0.4) is 0 Å². The summed E-state index contributed by atoms with van der Waals surface area (Å²) < 4.78 is 0. The van der Waals surface area contributed by atoms with Gasteiger partial charge in [-0.1, -0.05) is 47.0 Å². The molecule has 2 aromatic rings. The van der Waals surface area contributed by atoms with Gasteiger partial charge in [-0.2, -0.15) is 0 Å². The molecule has 0 spiro atoms. The van der Waals surface area contributed by atoms with Crippen LogP contribution < -0.4 is 5.73 Å². The molecule has 3 heteroatoms. The number of benzene rings is 2. The van der Waals surface area contributed by atoms with Gasteiger partial charge in [-0.25, -0.2) is 0 Å². The van der Waals surface area contributed by atoms with E-state index in [1.807, 2.05) is 13.0 Å². The maximum Gasteiger partial charge on any atom is 0.0544 e. The van der Waals surface area contributed by atoms with Gasteiger partial charge < -0.3 is 5.73 Å². The summed E-state index contributed by atoms with van der Waals surface area (Å²) in [5.41, 5.74) is 11.0. The number of hydrogen-bond donors (Lipinski definition) is 1. The second-order valence-corrected chi connectivity index (χ2v) is 7.16. The van der Waals surface area contributed by atoms with Gasteiger partial charge in [0.1, 0.15) is 0 Å². The summed E-state index contributed by atoms with van der Waals surface area (Å²) in [5, 5.41) is 0.822. The van der Waals surface area contributed by atoms with Gasteiger partial charge in [0.15, 0.2) is 0 Å². The van der Waals surface area contributed by atoms with Crippen molar-refractivity contribution in [3.8, 4) is 0 Å². The Morgan fingerprint density at radius 2 is 1.71 bits per heavy atom. The highest BCUT2D eigenvalue weighted by atomic mass is 35.5. The van der Waals surface area contributed by atoms with Crippen molar-refractivity contribution in [1.82, 2.24) is 0 Å². The normalized spacial score (nSPS) is 12.4. The van der Waals surface area contributed by atoms with Gasteiger partial charge in [0.25, 0.3) is 0 Å². The highest BCUT2D eigenvalue weighted by molar-refractivity contribution is 7.98. The molecule has 0 aromatic heterocycles. The lowest BCUT2D eigenvalue weighted by atomic mass is 10.1. The van der Waals surface area contributed by atoms with Crippen molar-refractivity contribution in [2.75, 3.05) is 0 Å². The monoisotopic (exact) mass is 319 g/mol. The summed E-state index contributed by atoms with van der Waals surface area (Å²) in [7, 11) is 0. The fourth-order valence-electron chi connectivity index (χ4n) is 2.47. The molecule has 0 bridgehead atoms. The first-order valence-corrected chi connectivity index (χ1v) is 8.54. The lowest BCUT2D eigenvalue weighted by Crippen LogP contribution is -2.17. The minimum absolute atomic E-state index is 0.162. The van der Waals surface area contributed by atoms with E-state index in [1.165, 1.54) is 22.3 Å². The Morgan fingerprint density at radius 3 is 2.29 bits per heavy atom. The van der Waals surface area contributed by atoms with Crippen molar-refractivity contribution in [3.05, 3.63) is 63.7 Å². The average Bonchev–Trinajstić information content (AvgIpc) is 2.36. The van der Waals surface area contributed by atoms with Crippen molar-refractivity contribution in [1.29, 1.82) is 0 Å². The maximum atomic E-state index is 6.38. The molecule has 1 nitrogen and oxygen atoms in total. The smallest absolute Gasteiger partial charge is 0.0544 e. The zero-order valence-electron chi connectivity index (χ0n) is 12.8. The van der Waals surface area contributed by atoms with E-state index >= 15 is 0 Å². The van der Waals surface area contributed by atoms with Gasteiger partial charge >= 0.3 is 0 Å². The number of thioether (sulfide) groups is 1. The number of hydrogen-bond acceptors (Lipinski definition) is 2. The van der Waals surface area contributed by atoms with Crippen LogP contribution in [0.25, 0.3) is 0 Å². The van der Waals surface area contributed by atoms with Crippen LogP contribution in [0.1, 0.15) is 29.2 Å². The van der Waals surface area contributed by atoms with E-state index in [2.05, 4.69) is 44.2 Å². The third-order valence-electron chi connectivity index (χ3n) is 3.23. The number of aryl methyl sites for hydroxylation is 2. The lowest BCUT2D eigenvalue weighted by Gasteiger charge is -2.10. The second-order valence-electron chi connectivity index (χ2n) is 5.73. The number of rotatable bonds is 5. The van der Waals surface area contributed by atoms with Gasteiger partial charge in [0.2, 0.25) is 0 Å². The van der Waals surface area contributed by atoms with E-state index < -0.39 is 0 Å². The van der Waals surface area contributed by atoms with Crippen LogP contribution in [0.4, 0.5) is 0 Å². The largest absolute Gasteiger partial charge is 0.328 e. The van der Waals surface area contributed by atoms with Gasteiger partial charge in [-0.15, -0.1) is 11.8 Å². The SMILES string of the molecule is Cc1cc(C)cc(CSc2ccc(CC(C)N)cc2Cl)c1. The Kier molecular flexibility index (Phi) is 5.74. The first-order chi connectivity index (χ1) is 9.94. The van der Waals surface area contributed by atoms with Gasteiger partial charge in [0, 0.05) is 16.7 Å². The molecule has 112 valence electrons. The van der Waals surface area contributed by atoms with Gasteiger partial charge in [0.05, 0.1) is 5.02 Å². The van der Waals surface area contributed by atoms with Crippen LogP contribution in [0, 0.1) is 13.8 Å². The predicted octanol–water partition coefficient (Wildman–Crippen LogP) is 5.14. The van der Waals surface area contributed by atoms with E-state index in [4.69, 9.17) is 17.3 Å². The van der Waals surface area contributed by atoms with Gasteiger partial charge in [-0.3, -0.25) is 0 Å². The van der Waals surface area contributed by atoms with E-state index in [0.29, 0.717) is 0 Å². The molecule has 0 aliphatic rings. The zero-order valence-corrected chi connectivity index (χ0v) is 14.4.